The molecule has 39 heavy (non-hydrogen) atoms. The fraction of sp³-hybridized carbons (Fsp3) is 0.179. The van der Waals surface area contributed by atoms with Crippen molar-refractivity contribution in [2.75, 3.05) is 0 Å². The number of halogens is 5. The average Bonchev–Trinajstić information content (AvgIpc) is 3.60. The van der Waals surface area contributed by atoms with Crippen LogP contribution in [0.4, 0.5) is 22.0 Å². The van der Waals surface area contributed by atoms with Gasteiger partial charge < -0.3 is 9.26 Å². The summed E-state index contributed by atoms with van der Waals surface area (Å²) in [7, 11) is 0. The van der Waals surface area contributed by atoms with Crippen molar-refractivity contribution < 1.29 is 31.2 Å². The molecule has 1 unspecified atom stereocenters. The Morgan fingerprint density at radius 1 is 0.897 bits per heavy atom. The van der Waals surface area contributed by atoms with Crippen LogP contribution in [-0.4, -0.2) is 19.9 Å². The third-order valence-corrected chi connectivity index (χ3v) is 6.04. The van der Waals surface area contributed by atoms with Crippen molar-refractivity contribution in [2.24, 2.45) is 0 Å². The number of nitrogens with zero attached hydrogens (tertiary/aromatic N) is 4. The molecule has 0 amide bonds. The Balaban J connectivity index is 1.22. The normalized spacial score (nSPS) is 12.5. The van der Waals surface area contributed by atoms with Gasteiger partial charge in [-0.3, -0.25) is 4.68 Å². The smallest absolute Gasteiger partial charge is 0.367 e. The number of rotatable bonds is 9. The number of ether oxygens (including phenoxy) is 1. The van der Waals surface area contributed by atoms with E-state index in [-0.39, 0.29) is 18.7 Å². The molecule has 0 radical (unpaired) electrons. The predicted molar refractivity (Wildman–Crippen MR) is 130 cm³/mol. The lowest BCUT2D eigenvalue weighted by atomic mass is 10.1. The van der Waals surface area contributed by atoms with Gasteiger partial charge in [0.2, 0.25) is 0 Å². The van der Waals surface area contributed by atoms with Crippen molar-refractivity contribution in [3.8, 4) is 11.3 Å². The number of benzene rings is 3. The van der Waals surface area contributed by atoms with Crippen molar-refractivity contribution >= 4 is 0 Å². The van der Waals surface area contributed by atoms with Gasteiger partial charge in [0.05, 0.1) is 24.4 Å². The summed E-state index contributed by atoms with van der Waals surface area (Å²) in [6, 6.07) is 17.2. The highest BCUT2D eigenvalue weighted by Gasteiger charge is 2.30. The van der Waals surface area contributed by atoms with E-state index in [0.717, 1.165) is 29.3 Å². The Labute approximate surface area is 219 Å². The molecule has 200 valence electrons. The van der Waals surface area contributed by atoms with Gasteiger partial charge in [-0.05, 0) is 29.3 Å². The number of alkyl halides is 3. The van der Waals surface area contributed by atoms with Crippen LogP contribution in [0.25, 0.3) is 11.3 Å². The van der Waals surface area contributed by atoms with Crippen molar-refractivity contribution in [1.29, 1.82) is 0 Å². The van der Waals surface area contributed by atoms with E-state index in [1.165, 1.54) is 41.6 Å². The van der Waals surface area contributed by atoms with Gasteiger partial charge in [-0.2, -0.15) is 18.3 Å². The standard InChI is InChI=1S/C28H21F5N4O2/c29-22-9-10-24(25(30)12-22)27(14-37-17-34-16-35-37)38-15-19-3-1-18(2-4-19)11-23-13-26(39-36-23)20-5-7-21(8-6-20)28(31,32)33/h1-10,12-13,16-17,27H,11,14-15H2. The van der Waals surface area contributed by atoms with Crippen molar-refractivity contribution in [3.05, 3.63) is 125 Å². The number of hydrogen-bond acceptors (Lipinski definition) is 5. The molecule has 0 saturated heterocycles. The highest BCUT2D eigenvalue weighted by molar-refractivity contribution is 5.58. The first-order chi connectivity index (χ1) is 18.7. The first kappa shape index (κ1) is 26.2. The molecule has 0 spiro atoms. The molecule has 6 nitrogen and oxygen atoms in total. The lowest BCUT2D eigenvalue weighted by Gasteiger charge is -2.19. The van der Waals surface area contributed by atoms with E-state index in [9.17, 15) is 22.0 Å². The van der Waals surface area contributed by atoms with Crippen LogP contribution in [0.5, 0.6) is 0 Å². The highest BCUT2D eigenvalue weighted by atomic mass is 19.4. The summed E-state index contributed by atoms with van der Waals surface area (Å²) in [5.41, 5.74) is 2.34. The first-order valence-corrected chi connectivity index (χ1v) is 11.8. The quantitative estimate of drug-likeness (QED) is 0.193. The van der Waals surface area contributed by atoms with E-state index in [2.05, 4.69) is 15.2 Å². The molecule has 3 aromatic carbocycles. The van der Waals surface area contributed by atoms with Crippen LogP contribution >= 0.6 is 0 Å². The summed E-state index contributed by atoms with van der Waals surface area (Å²) < 4.78 is 79.1. The lowest BCUT2D eigenvalue weighted by molar-refractivity contribution is -0.137. The van der Waals surface area contributed by atoms with Crippen molar-refractivity contribution in [2.45, 2.75) is 31.9 Å². The summed E-state index contributed by atoms with van der Waals surface area (Å²) in [5, 5.41) is 8.07. The highest BCUT2D eigenvalue weighted by Crippen LogP contribution is 2.31. The van der Waals surface area contributed by atoms with Gasteiger partial charge in [-0.1, -0.05) is 47.6 Å². The maximum atomic E-state index is 14.5. The average molecular weight is 540 g/mol. The summed E-state index contributed by atoms with van der Waals surface area (Å²) in [5.74, 6) is -1.01. The molecule has 0 aliphatic heterocycles. The second-order valence-electron chi connectivity index (χ2n) is 8.83. The van der Waals surface area contributed by atoms with Gasteiger partial charge in [-0.25, -0.2) is 13.8 Å². The zero-order valence-corrected chi connectivity index (χ0v) is 20.3. The third-order valence-electron chi connectivity index (χ3n) is 6.04. The molecule has 0 aliphatic rings. The zero-order chi connectivity index (χ0) is 27.4. The van der Waals surface area contributed by atoms with E-state index in [4.69, 9.17) is 9.26 Å². The Hall–Kier alpha value is -4.38. The van der Waals surface area contributed by atoms with Gasteiger partial charge >= 0.3 is 6.18 Å². The van der Waals surface area contributed by atoms with Gasteiger partial charge in [0.1, 0.15) is 30.4 Å². The molecule has 5 rings (SSSR count). The lowest BCUT2D eigenvalue weighted by Crippen LogP contribution is -2.15. The minimum absolute atomic E-state index is 0.165. The van der Waals surface area contributed by atoms with E-state index in [1.807, 2.05) is 24.3 Å². The zero-order valence-electron chi connectivity index (χ0n) is 20.3. The summed E-state index contributed by atoms with van der Waals surface area (Å²) >= 11 is 0. The molecule has 1 atom stereocenters. The van der Waals surface area contributed by atoms with Crippen LogP contribution in [0.1, 0.15) is 34.1 Å². The van der Waals surface area contributed by atoms with Crippen molar-refractivity contribution in [1.82, 2.24) is 19.9 Å². The second-order valence-corrected chi connectivity index (χ2v) is 8.83. The van der Waals surface area contributed by atoms with E-state index in [1.54, 1.807) is 6.07 Å². The first-order valence-electron chi connectivity index (χ1n) is 11.8. The molecular weight excluding hydrogens is 519 g/mol. The Morgan fingerprint density at radius 2 is 1.64 bits per heavy atom. The Kier molecular flexibility index (Phi) is 7.51. The maximum Gasteiger partial charge on any atom is 0.416 e. The number of hydrogen-bond donors (Lipinski definition) is 0. The predicted octanol–water partition coefficient (Wildman–Crippen LogP) is 6.78. The number of aromatic nitrogens is 4. The van der Waals surface area contributed by atoms with Gasteiger partial charge in [0.15, 0.2) is 5.76 Å². The topological polar surface area (TPSA) is 66.0 Å². The third kappa shape index (κ3) is 6.55. The minimum atomic E-state index is -4.41. The molecule has 0 saturated carbocycles. The summed E-state index contributed by atoms with van der Waals surface area (Å²) in [4.78, 5) is 3.89. The van der Waals surface area contributed by atoms with E-state index >= 15 is 0 Å². The summed E-state index contributed by atoms with van der Waals surface area (Å²) in [6.07, 6.45) is -1.85. The van der Waals surface area contributed by atoms with E-state index < -0.39 is 29.5 Å². The van der Waals surface area contributed by atoms with Crippen LogP contribution in [-0.2, 0) is 30.5 Å². The monoisotopic (exact) mass is 540 g/mol. The molecule has 2 aromatic heterocycles. The van der Waals surface area contributed by atoms with Crippen LogP contribution in [0.3, 0.4) is 0 Å². The molecular formula is C28H21F5N4O2. The maximum absolute atomic E-state index is 14.5. The van der Waals surface area contributed by atoms with Gasteiger partial charge in [0, 0.05) is 29.7 Å². The fourth-order valence-electron chi connectivity index (χ4n) is 4.01. The Morgan fingerprint density at radius 3 is 2.31 bits per heavy atom. The SMILES string of the molecule is Fc1ccc(C(Cn2cncn2)OCc2ccc(Cc3cc(-c4ccc(C(F)(F)F)cc4)on3)cc2)c(F)c1. The molecule has 5 aromatic rings. The van der Waals surface area contributed by atoms with Crippen LogP contribution < -0.4 is 0 Å². The van der Waals surface area contributed by atoms with Crippen molar-refractivity contribution in [3.63, 3.8) is 0 Å². The molecule has 0 N–H and O–H groups in total. The molecule has 11 heteroatoms. The molecule has 0 aliphatic carbocycles. The van der Waals surface area contributed by atoms with Crippen LogP contribution in [0, 0.1) is 11.6 Å². The molecule has 2 heterocycles. The molecule has 0 bridgehead atoms. The Bertz CT molecular complexity index is 1520. The van der Waals surface area contributed by atoms with Gasteiger partial charge in [-0.15, -0.1) is 0 Å². The fourth-order valence-corrected chi connectivity index (χ4v) is 4.01. The van der Waals surface area contributed by atoms with E-state index in [0.29, 0.717) is 23.4 Å². The largest absolute Gasteiger partial charge is 0.416 e. The van der Waals surface area contributed by atoms with Crippen LogP contribution in [0.2, 0.25) is 0 Å². The second kappa shape index (κ2) is 11.2. The summed E-state index contributed by atoms with van der Waals surface area (Å²) in [6.45, 7) is 0.354. The minimum Gasteiger partial charge on any atom is -0.367 e. The van der Waals surface area contributed by atoms with Gasteiger partial charge in [0.25, 0.3) is 0 Å². The molecule has 0 fully saturated rings. The van der Waals surface area contributed by atoms with Crippen LogP contribution in [0.15, 0.2) is 90.0 Å².